The van der Waals surface area contributed by atoms with E-state index >= 15 is 0 Å². The van der Waals surface area contributed by atoms with Crippen LogP contribution in [0.15, 0.2) is 18.2 Å². The summed E-state index contributed by atoms with van der Waals surface area (Å²) in [5.74, 6) is 0.720. The smallest absolute Gasteiger partial charge is 0.123 e. The molecule has 0 aliphatic rings. The van der Waals surface area contributed by atoms with Gasteiger partial charge < -0.3 is 10.5 Å². The van der Waals surface area contributed by atoms with Crippen LogP contribution in [-0.4, -0.2) is 13.7 Å². The first-order chi connectivity index (χ1) is 6.70. The highest BCUT2D eigenvalue weighted by atomic mass is 19.1. The first-order valence-electron chi connectivity index (χ1n) is 4.70. The molecule has 1 rings (SSSR count). The zero-order valence-electron chi connectivity index (χ0n) is 8.59. The summed E-state index contributed by atoms with van der Waals surface area (Å²) >= 11 is 0. The molecule has 0 saturated heterocycles. The minimum atomic E-state index is -0.980. The van der Waals surface area contributed by atoms with E-state index in [1.165, 1.54) is 6.92 Å². The number of alkyl halides is 1. The number of hydrogen-bond donors (Lipinski definition) is 1. The van der Waals surface area contributed by atoms with Gasteiger partial charge in [-0.2, -0.15) is 0 Å². The Kier molecular flexibility index (Phi) is 3.89. The minimum Gasteiger partial charge on any atom is -0.496 e. The van der Waals surface area contributed by atoms with Crippen LogP contribution in [0.4, 0.5) is 4.39 Å². The highest BCUT2D eigenvalue weighted by molar-refractivity contribution is 5.41. The molecule has 2 nitrogen and oxygen atoms in total. The molecule has 0 radical (unpaired) electrons. The molecule has 3 heteroatoms. The summed E-state index contributed by atoms with van der Waals surface area (Å²) in [6.07, 6.45) is -0.334. The Bertz CT molecular complexity index is 299. The van der Waals surface area contributed by atoms with Crippen molar-refractivity contribution in [1.29, 1.82) is 0 Å². The standard InChI is InChI=1S/C11H16FNO/c1-8(12)9-4-3-5-11(14-2)10(9)6-7-13/h3-5,8H,6-7,13H2,1-2H3. The largest absolute Gasteiger partial charge is 0.496 e. The van der Waals surface area contributed by atoms with Gasteiger partial charge in [0.2, 0.25) is 0 Å². The number of benzene rings is 1. The molecule has 1 aromatic carbocycles. The zero-order chi connectivity index (χ0) is 10.6. The molecule has 0 amide bonds. The maximum atomic E-state index is 13.2. The van der Waals surface area contributed by atoms with Crippen LogP contribution in [0.2, 0.25) is 0 Å². The van der Waals surface area contributed by atoms with E-state index < -0.39 is 6.17 Å². The normalized spacial score (nSPS) is 12.6. The molecule has 0 aliphatic carbocycles. The summed E-state index contributed by atoms with van der Waals surface area (Å²) in [7, 11) is 1.59. The summed E-state index contributed by atoms with van der Waals surface area (Å²) in [6.45, 7) is 2.02. The van der Waals surface area contributed by atoms with Gasteiger partial charge in [0.1, 0.15) is 11.9 Å². The van der Waals surface area contributed by atoms with E-state index in [9.17, 15) is 4.39 Å². The van der Waals surface area contributed by atoms with Crippen LogP contribution in [-0.2, 0) is 6.42 Å². The lowest BCUT2D eigenvalue weighted by atomic mass is 10.0. The van der Waals surface area contributed by atoms with E-state index in [2.05, 4.69) is 0 Å². The Morgan fingerprint density at radius 3 is 2.71 bits per heavy atom. The van der Waals surface area contributed by atoms with Crippen LogP contribution in [0.1, 0.15) is 24.2 Å². The molecule has 2 N–H and O–H groups in total. The van der Waals surface area contributed by atoms with E-state index in [4.69, 9.17) is 10.5 Å². The Hall–Kier alpha value is -1.09. The van der Waals surface area contributed by atoms with Gasteiger partial charge in [0.05, 0.1) is 7.11 Å². The second-order valence-electron chi connectivity index (χ2n) is 3.18. The number of hydrogen-bond acceptors (Lipinski definition) is 2. The summed E-state index contributed by atoms with van der Waals surface area (Å²) in [5.41, 5.74) is 7.03. The van der Waals surface area contributed by atoms with Crippen molar-refractivity contribution < 1.29 is 9.13 Å². The molecule has 0 saturated carbocycles. The van der Waals surface area contributed by atoms with Crippen molar-refractivity contribution >= 4 is 0 Å². The molecule has 0 bridgehead atoms. The highest BCUT2D eigenvalue weighted by Gasteiger charge is 2.12. The molecule has 1 aromatic rings. The lowest BCUT2D eigenvalue weighted by Crippen LogP contribution is -2.07. The fourth-order valence-electron chi connectivity index (χ4n) is 1.56. The van der Waals surface area contributed by atoms with Gasteiger partial charge in [0, 0.05) is 5.56 Å². The first kappa shape index (κ1) is 11.0. The van der Waals surface area contributed by atoms with E-state index in [0.29, 0.717) is 18.5 Å². The number of nitrogens with two attached hydrogens (primary N) is 1. The Morgan fingerprint density at radius 1 is 1.50 bits per heavy atom. The molecule has 0 spiro atoms. The van der Waals surface area contributed by atoms with Crippen LogP contribution in [0.25, 0.3) is 0 Å². The average Bonchev–Trinajstić information content (AvgIpc) is 2.18. The summed E-state index contributed by atoms with van der Waals surface area (Å²) in [5, 5.41) is 0. The van der Waals surface area contributed by atoms with Crippen molar-refractivity contribution in [2.75, 3.05) is 13.7 Å². The van der Waals surface area contributed by atoms with Gasteiger partial charge in [-0.15, -0.1) is 0 Å². The quantitative estimate of drug-likeness (QED) is 0.803. The van der Waals surface area contributed by atoms with Gasteiger partial charge >= 0.3 is 0 Å². The average molecular weight is 197 g/mol. The highest BCUT2D eigenvalue weighted by Crippen LogP contribution is 2.28. The summed E-state index contributed by atoms with van der Waals surface area (Å²) in [4.78, 5) is 0. The Balaban J connectivity index is 3.13. The van der Waals surface area contributed by atoms with E-state index in [1.54, 1.807) is 19.2 Å². The van der Waals surface area contributed by atoms with Crippen LogP contribution >= 0.6 is 0 Å². The molecule has 0 aliphatic heterocycles. The van der Waals surface area contributed by atoms with Gasteiger partial charge in [-0.1, -0.05) is 12.1 Å². The topological polar surface area (TPSA) is 35.2 Å². The van der Waals surface area contributed by atoms with Crippen molar-refractivity contribution in [3.05, 3.63) is 29.3 Å². The third-order valence-corrected chi connectivity index (χ3v) is 2.21. The van der Waals surface area contributed by atoms with Gasteiger partial charge in [0.25, 0.3) is 0 Å². The molecule has 0 aromatic heterocycles. The summed E-state index contributed by atoms with van der Waals surface area (Å²) in [6, 6.07) is 5.40. The minimum absolute atomic E-state index is 0.500. The van der Waals surface area contributed by atoms with Crippen LogP contribution in [0, 0.1) is 0 Å². The van der Waals surface area contributed by atoms with Gasteiger partial charge in [-0.3, -0.25) is 0 Å². The fourth-order valence-corrected chi connectivity index (χ4v) is 1.56. The molecule has 0 heterocycles. The van der Waals surface area contributed by atoms with Gasteiger partial charge in [-0.25, -0.2) is 4.39 Å². The molecule has 1 atom stereocenters. The van der Waals surface area contributed by atoms with Crippen molar-refractivity contribution in [1.82, 2.24) is 0 Å². The zero-order valence-corrected chi connectivity index (χ0v) is 8.59. The Labute approximate surface area is 83.9 Å². The van der Waals surface area contributed by atoms with E-state index in [0.717, 1.165) is 11.3 Å². The Morgan fingerprint density at radius 2 is 2.21 bits per heavy atom. The third kappa shape index (κ3) is 2.23. The fraction of sp³-hybridized carbons (Fsp3) is 0.455. The van der Waals surface area contributed by atoms with Gasteiger partial charge in [0.15, 0.2) is 0 Å². The molecule has 1 unspecified atom stereocenters. The number of rotatable bonds is 4. The number of halogens is 1. The first-order valence-corrected chi connectivity index (χ1v) is 4.70. The van der Waals surface area contributed by atoms with Crippen molar-refractivity contribution in [2.45, 2.75) is 19.5 Å². The van der Waals surface area contributed by atoms with Crippen LogP contribution < -0.4 is 10.5 Å². The maximum absolute atomic E-state index is 13.2. The predicted octanol–water partition coefficient (Wildman–Crippen LogP) is 2.23. The molecule has 78 valence electrons. The second kappa shape index (κ2) is 4.96. The third-order valence-electron chi connectivity index (χ3n) is 2.21. The predicted molar refractivity (Wildman–Crippen MR) is 55.3 cm³/mol. The molecule has 14 heavy (non-hydrogen) atoms. The van der Waals surface area contributed by atoms with Gasteiger partial charge in [-0.05, 0) is 31.5 Å². The lowest BCUT2D eigenvalue weighted by Gasteiger charge is -2.13. The monoisotopic (exact) mass is 197 g/mol. The van der Waals surface area contributed by atoms with E-state index in [-0.39, 0.29) is 0 Å². The van der Waals surface area contributed by atoms with Crippen molar-refractivity contribution in [2.24, 2.45) is 5.73 Å². The van der Waals surface area contributed by atoms with Crippen LogP contribution in [0.5, 0.6) is 5.75 Å². The molecule has 0 fully saturated rings. The second-order valence-corrected chi connectivity index (χ2v) is 3.18. The number of ether oxygens (including phenoxy) is 1. The van der Waals surface area contributed by atoms with E-state index in [1.807, 2.05) is 6.07 Å². The summed E-state index contributed by atoms with van der Waals surface area (Å²) < 4.78 is 18.4. The maximum Gasteiger partial charge on any atom is 0.123 e. The van der Waals surface area contributed by atoms with Crippen molar-refractivity contribution in [3.8, 4) is 5.75 Å². The van der Waals surface area contributed by atoms with Crippen molar-refractivity contribution in [3.63, 3.8) is 0 Å². The molecular weight excluding hydrogens is 181 g/mol. The lowest BCUT2D eigenvalue weighted by molar-refractivity contribution is 0.365. The molecular formula is C11H16FNO. The SMILES string of the molecule is COc1cccc(C(C)F)c1CCN. The van der Waals surface area contributed by atoms with Crippen LogP contribution in [0.3, 0.4) is 0 Å². The number of methoxy groups -OCH3 is 1.